The van der Waals surface area contributed by atoms with Crippen LogP contribution in [0.5, 0.6) is 0 Å². The zero-order chi connectivity index (χ0) is 10.7. The highest BCUT2D eigenvalue weighted by molar-refractivity contribution is 5.30. The Morgan fingerprint density at radius 1 is 1.50 bits per heavy atom. The maximum absolute atomic E-state index is 2.40. The predicted octanol–water partition coefficient (Wildman–Crippen LogP) is 3.59. The van der Waals surface area contributed by atoms with E-state index in [1.807, 2.05) is 0 Å². The van der Waals surface area contributed by atoms with Crippen molar-refractivity contribution in [2.75, 3.05) is 7.05 Å². The van der Waals surface area contributed by atoms with Gasteiger partial charge >= 0.3 is 0 Å². The molecule has 0 N–H and O–H groups in total. The van der Waals surface area contributed by atoms with Crippen LogP contribution in [-0.4, -0.2) is 18.0 Å². The average Bonchev–Trinajstić information content (AvgIpc) is 2.13. The second-order valence-corrected chi connectivity index (χ2v) is 4.49. The van der Waals surface area contributed by atoms with Crippen molar-refractivity contribution < 1.29 is 0 Å². The van der Waals surface area contributed by atoms with Gasteiger partial charge in [-0.05, 0) is 37.8 Å². The average molecular weight is 193 g/mol. The molecular formula is C13H23N. The molecule has 0 radical (unpaired) electrons. The van der Waals surface area contributed by atoms with Crippen molar-refractivity contribution in [3.05, 3.63) is 23.4 Å². The third kappa shape index (κ3) is 2.40. The van der Waals surface area contributed by atoms with Gasteiger partial charge in [-0.1, -0.05) is 26.3 Å². The van der Waals surface area contributed by atoms with Gasteiger partial charge in [0.05, 0.1) is 0 Å². The van der Waals surface area contributed by atoms with Gasteiger partial charge in [-0.3, -0.25) is 0 Å². The summed E-state index contributed by atoms with van der Waals surface area (Å²) in [6.07, 6.45) is 7.30. The Morgan fingerprint density at radius 2 is 2.14 bits per heavy atom. The van der Waals surface area contributed by atoms with Gasteiger partial charge < -0.3 is 4.90 Å². The van der Waals surface area contributed by atoms with Crippen LogP contribution in [0.2, 0.25) is 0 Å². The third-order valence-corrected chi connectivity index (χ3v) is 3.27. The molecule has 14 heavy (non-hydrogen) atoms. The molecule has 1 aliphatic rings. The summed E-state index contributed by atoms with van der Waals surface area (Å²) in [5.74, 6) is 0.714. The third-order valence-electron chi connectivity index (χ3n) is 3.27. The molecule has 0 aliphatic carbocycles. The van der Waals surface area contributed by atoms with Gasteiger partial charge in [0.25, 0.3) is 0 Å². The molecule has 0 bridgehead atoms. The van der Waals surface area contributed by atoms with Crippen LogP contribution in [0.1, 0.15) is 40.5 Å². The number of hydrogen-bond donors (Lipinski definition) is 0. The van der Waals surface area contributed by atoms with E-state index in [4.69, 9.17) is 0 Å². The van der Waals surface area contributed by atoms with Crippen LogP contribution in [0.4, 0.5) is 0 Å². The van der Waals surface area contributed by atoms with Gasteiger partial charge in [-0.15, -0.1) is 0 Å². The number of allylic oxidation sites excluding steroid dienone is 3. The molecule has 1 heteroatoms. The van der Waals surface area contributed by atoms with Crippen LogP contribution >= 0.6 is 0 Å². The Kier molecular flexibility index (Phi) is 3.79. The van der Waals surface area contributed by atoms with Crippen LogP contribution in [0.3, 0.4) is 0 Å². The summed E-state index contributed by atoms with van der Waals surface area (Å²) in [6.45, 7) is 9.04. The quantitative estimate of drug-likeness (QED) is 0.662. The highest BCUT2D eigenvalue weighted by Gasteiger charge is 2.16. The first-order valence-corrected chi connectivity index (χ1v) is 5.69. The monoisotopic (exact) mass is 193 g/mol. The van der Waals surface area contributed by atoms with E-state index in [1.165, 1.54) is 24.1 Å². The summed E-state index contributed by atoms with van der Waals surface area (Å²) in [7, 11) is 2.16. The lowest BCUT2D eigenvalue weighted by molar-refractivity contribution is 0.362. The maximum atomic E-state index is 2.40. The standard InChI is InChI=1S/C13H23N/c1-6-7-10(2)13-8-11(3)14(5)12(4)9-13/h8-11H,6-7H2,1-5H3. The summed E-state index contributed by atoms with van der Waals surface area (Å²) in [6, 6.07) is 0.550. The van der Waals surface area contributed by atoms with E-state index >= 15 is 0 Å². The van der Waals surface area contributed by atoms with Crippen molar-refractivity contribution in [2.45, 2.75) is 46.6 Å². The second-order valence-electron chi connectivity index (χ2n) is 4.49. The lowest BCUT2D eigenvalue weighted by Crippen LogP contribution is -2.29. The van der Waals surface area contributed by atoms with Crippen molar-refractivity contribution in [2.24, 2.45) is 5.92 Å². The van der Waals surface area contributed by atoms with E-state index in [-0.39, 0.29) is 0 Å². The van der Waals surface area contributed by atoms with Crippen LogP contribution in [0.15, 0.2) is 23.4 Å². The van der Waals surface area contributed by atoms with E-state index in [0.29, 0.717) is 12.0 Å². The first-order valence-electron chi connectivity index (χ1n) is 5.69. The molecule has 0 aromatic heterocycles. The van der Waals surface area contributed by atoms with Crippen LogP contribution < -0.4 is 0 Å². The van der Waals surface area contributed by atoms with Gasteiger partial charge in [0, 0.05) is 18.8 Å². The van der Waals surface area contributed by atoms with Gasteiger partial charge in [-0.2, -0.15) is 0 Å². The fourth-order valence-corrected chi connectivity index (χ4v) is 2.01. The topological polar surface area (TPSA) is 3.24 Å². The molecule has 0 saturated carbocycles. The highest BCUT2D eigenvalue weighted by Crippen LogP contribution is 2.25. The van der Waals surface area contributed by atoms with E-state index in [2.05, 4.69) is 51.8 Å². The summed E-state index contributed by atoms with van der Waals surface area (Å²) in [4.78, 5) is 2.32. The largest absolute Gasteiger partial charge is 0.372 e. The van der Waals surface area contributed by atoms with Crippen LogP contribution in [0, 0.1) is 5.92 Å². The number of rotatable bonds is 3. The minimum absolute atomic E-state index is 0.550. The van der Waals surface area contributed by atoms with Crippen molar-refractivity contribution in [1.82, 2.24) is 4.90 Å². The molecule has 1 rings (SSSR count). The Labute approximate surface area is 88.5 Å². The summed E-state index contributed by atoms with van der Waals surface area (Å²) >= 11 is 0. The number of nitrogens with zero attached hydrogens (tertiary/aromatic N) is 1. The van der Waals surface area contributed by atoms with E-state index in [1.54, 1.807) is 0 Å². The lowest BCUT2D eigenvalue weighted by Gasteiger charge is -2.31. The maximum Gasteiger partial charge on any atom is 0.0444 e. The molecule has 0 aromatic carbocycles. The number of hydrogen-bond acceptors (Lipinski definition) is 1. The summed E-state index contributed by atoms with van der Waals surface area (Å²) in [5.41, 5.74) is 2.91. The fourth-order valence-electron chi connectivity index (χ4n) is 2.01. The molecule has 0 saturated heterocycles. The number of likely N-dealkylation sites (N-methyl/N-ethyl adjacent to an activating group) is 1. The van der Waals surface area contributed by atoms with Gasteiger partial charge in [-0.25, -0.2) is 0 Å². The summed E-state index contributed by atoms with van der Waals surface area (Å²) < 4.78 is 0. The van der Waals surface area contributed by atoms with Crippen LogP contribution in [-0.2, 0) is 0 Å². The van der Waals surface area contributed by atoms with Crippen LogP contribution in [0.25, 0.3) is 0 Å². The smallest absolute Gasteiger partial charge is 0.0444 e. The Morgan fingerprint density at radius 3 is 2.64 bits per heavy atom. The molecule has 2 atom stereocenters. The Hall–Kier alpha value is -0.720. The molecule has 0 aromatic rings. The normalized spacial score (nSPS) is 24.4. The van der Waals surface area contributed by atoms with Gasteiger partial charge in [0.1, 0.15) is 0 Å². The zero-order valence-corrected chi connectivity index (χ0v) is 10.2. The van der Waals surface area contributed by atoms with Crippen molar-refractivity contribution >= 4 is 0 Å². The fraction of sp³-hybridized carbons (Fsp3) is 0.692. The van der Waals surface area contributed by atoms with Crippen molar-refractivity contribution in [3.8, 4) is 0 Å². The van der Waals surface area contributed by atoms with Gasteiger partial charge in [0.15, 0.2) is 0 Å². The van der Waals surface area contributed by atoms with E-state index < -0.39 is 0 Å². The lowest BCUT2D eigenvalue weighted by atomic mass is 9.91. The first-order chi connectivity index (χ1) is 6.56. The predicted molar refractivity (Wildman–Crippen MR) is 63.1 cm³/mol. The molecule has 1 heterocycles. The van der Waals surface area contributed by atoms with Gasteiger partial charge in [0.2, 0.25) is 0 Å². The minimum atomic E-state index is 0.550. The van der Waals surface area contributed by atoms with Crippen molar-refractivity contribution in [1.29, 1.82) is 0 Å². The molecule has 2 unspecified atom stereocenters. The Bertz CT molecular complexity index is 250. The molecule has 0 spiro atoms. The summed E-state index contributed by atoms with van der Waals surface area (Å²) in [5, 5.41) is 0. The minimum Gasteiger partial charge on any atom is -0.372 e. The molecular weight excluding hydrogens is 170 g/mol. The SMILES string of the molecule is CCCC(C)C1=CC(C)N(C)C(C)=C1. The molecule has 80 valence electrons. The molecule has 1 aliphatic heterocycles. The van der Waals surface area contributed by atoms with E-state index in [9.17, 15) is 0 Å². The molecule has 0 amide bonds. The zero-order valence-electron chi connectivity index (χ0n) is 10.2. The van der Waals surface area contributed by atoms with E-state index in [0.717, 1.165) is 0 Å². The van der Waals surface area contributed by atoms with Crippen molar-refractivity contribution in [3.63, 3.8) is 0 Å². The Balaban J connectivity index is 2.76. The molecule has 0 fully saturated rings. The highest BCUT2D eigenvalue weighted by atomic mass is 15.1. The first kappa shape index (κ1) is 11.4. The molecule has 1 nitrogen and oxygen atoms in total. The second kappa shape index (κ2) is 4.68.